The Hall–Kier alpha value is -1.92. The molecular formula is C17H16N2O2S2. The number of thiazole rings is 1. The van der Waals surface area contributed by atoms with E-state index >= 15 is 0 Å². The van der Waals surface area contributed by atoms with E-state index in [1.807, 2.05) is 16.8 Å². The highest BCUT2D eigenvalue weighted by Gasteiger charge is 2.24. The number of aryl methyl sites for hydroxylation is 1. The van der Waals surface area contributed by atoms with Gasteiger partial charge in [-0.15, -0.1) is 11.3 Å². The predicted octanol–water partition coefficient (Wildman–Crippen LogP) is 4.20. The van der Waals surface area contributed by atoms with E-state index in [-0.39, 0.29) is 11.9 Å². The first-order valence-corrected chi connectivity index (χ1v) is 9.44. The highest BCUT2D eigenvalue weighted by Crippen LogP contribution is 2.30. The Morgan fingerprint density at radius 3 is 3.22 bits per heavy atom. The van der Waals surface area contributed by atoms with Crippen molar-refractivity contribution in [3.63, 3.8) is 0 Å². The van der Waals surface area contributed by atoms with Crippen molar-refractivity contribution >= 4 is 28.6 Å². The molecule has 4 rings (SSSR count). The summed E-state index contributed by atoms with van der Waals surface area (Å²) in [4.78, 5) is 16.9. The lowest BCUT2D eigenvalue weighted by molar-refractivity contribution is -0.121. The van der Waals surface area contributed by atoms with Gasteiger partial charge in [0.1, 0.15) is 10.8 Å². The number of furan rings is 1. The molecule has 1 aliphatic rings. The van der Waals surface area contributed by atoms with Crippen LogP contribution in [0.4, 0.5) is 0 Å². The van der Waals surface area contributed by atoms with Crippen LogP contribution in [-0.4, -0.2) is 10.9 Å². The monoisotopic (exact) mass is 344 g/mol. The van der Waals surface area contributed by atoms with Gasteiger partial charge in [0.05, 0.1) is 24.4 Å². The largest absolute Gasteiger partial charge is 0.469 e. The summed E-state index contributed by atoms with van der Waals surface area (Å²) >= 11 is 3.24. The van der Waals surface area contributed by atoms with Crippen LogP contribution < -0.4 is 5.32 Å². The molecule has 1 aliphatic carbocycles. The molecule has 0 aromatic carbocycles. The Labute approximate surface area is 142 Å². The Morgan fingerprint density at radius 1 is 1.39 bits per heavy atom. The first kappa shape index (κ1) is 14.7. The van der Waals surface area contributed by atoms with Crippen molar-refractivity contribution < 1.29 is 9.21 Å². The van der Waals surface area contributed by atoms with E-state index in [2.05, 4.69) is 21.7 Å². The van der Waals surface area contributed by atoms with E-state index in [1.165, 1.54) is 0 Å². The third-order valence-corrected chi connectivity index (χ3v) is 5.67. The molecule has 0 fully saturated rings. The molecule has 6 heteroatoms. The zero-order valence-electron chi connectivity index (χ0n) is 12.5. The van der Waals surface area contributed by atoms with Crippen molar-refractivity contribution in [3.05, 3.63) is 51.6 Å². The van der Waals surface area contributed by atoms with Gasteiger partial charge in [-0.05, 0) is 30.4 Å². The first-order valence-electron chi connectivity index (χ1n) is 7.62. The number of hydrogen-bond acceptors (Lipinski definition) is 5. The number of aromatic nitrogens is 1. The quantitative estimate of drug-likeness (QED) is 0.772. The second kappa shape index (κ2) is 6.29. The number of rotatable bonds is 4. The summed E-state index contributed by atoms with van der Waals surface area (Å²) < 4.78 is 5.47. The van der Waals surface area contributed by atoms with Gasteiger partial charge < -0.3 is 9.73 Å². The fourth-order valence-corrected chi connectivity index (χ4v) is 4.48. The first-order chi connectivity index (χ1) is 11.3. The number of carbonyl (C=O) groups excluding carboxylic acids is 1. The Morgan fingerprint density at radius 2 is 2.35 bits per heavy atom. The van der Waals surface area contributed by atoms with E-state index < -0.39 is 0 Å². The SMILES string of the molecule is O=C(Cc1csc(-c2ccsc2)n1)N[C@@H]1CCCc2occc21. The van der Waals surface area contributed by atoms with Crippen molar-refractivity contribution in [2.75, 3.05) is 0 Å². The van der Waals surface area contributed by atoms with Crippen molar-refractivity contribution in [1.82, 2.24) is 10.3 Å². The molecule has 1 atom stereocenters. The molecule has 3 heterocycles. The number of carbonyl (C=O) groups is 1. The average molecular weight is 344 g/mol. The van der Waals surface area contributed by atoms with Gasteiger partial charge in [-0.3, -0.25) is 4.79 Å². The van der Waals surface area contributed by atoms with Gasteiger partial charge in [-0.2, -0.15) is 11.3 Å². The molecule has 0 unspecified atom stereocenters. The highest BCUT2D eigenvalue weighted by atomic mass is 32.1. The highest BCUT2D eigenvalue weighted by molar-refractivity contribution is 7.14. The molecule has 0 saturated heterocycles. The third-order valence-electron chi connectivity index (χ3n) is 4.05. The average Bonchev–Trinajstić information content (AvgIpc) is 3.28. The molecule has 0 saturated carbocycles. The Kier molecular flexibility index (Phi) is 4.01. The van der Waals surface area contributed by atoms with Gasteiger partial charge in [0, 0.05) is 28.3 Å². The molecule has 3 aromatic rings. The van der Waals surface area contributed by atoms with E-state index in [1.54, 1.807) is 28.9 Å². The van der Waals surface area contributed by atoms with Crippen LogP contribution in [0.15, 0.2) is 39.0 Å². The third kappa shape index (κ3) is 3.09. The molecule has 118 valence electrons. The Balaban J connectivity index is 1.41. The number of fused-ring (bicyclic) bond motifs is 1. The maximum atomic E-state index is 12.3. The lowest BCUT2D eigenvalue weighted by atomic mass is 9.93. The molecule has 4 nitrogen and oxygen atoms in total. The van der Waals surface area contributed by atoms with Gasteiger partial charge in [0.15, 0.2) is 0 Å². The van der Waals surface area contributed by atoms with Gasteiger partial charge in [0.25, 0.3) is 0 Å². The van der Waals surface area contributed by atoms with Crippen LogP contribution in [0.1, 0.15) is 35.9 Å². The summed E-state index contributed by atoms with van der Waals surface area (Å²) in [5.74, 6) is 1.03. The van der Waals surface area contributed by atoms with E-state index in [4.69, 9.17) is 4.42 Å². The lowest BCUT2D eigenvalue weighted by Gasteiger charge is -2.22. The number of hydrogen-bond donors (Lipinski definition) is 1. The standard InChI is InChI=1S/C17H16N2O2S2/c20-16(19-14-2-1-3-15-13(14)4-6-21-15)8-12-10-23-17(18-12)11-5-7-22-9-11/h4-7,9-10,14H,1-3,8H2,(H,19,20)/t14-/m1/s1. The fourth-order valence-electron chi connectivity index (χ4n) is 2.95. The summed E-state index contributed by atoms with van der Waals surface area (Å²) in [6.07, 6.45) is 5.01. The molecule has 0 radical (unpaired) electrons. The maximum absolute atomic E-state index is 12.3. The minimum absolute atomic E-state index is 0.0196. The minimum atomic E-state index is 0.0196. The van der Waals surface area contributed by atoms with Crippen LogP contribution in [0.25, 0.3) is 10.6 Å². The van der Waals surface area contributed by atoms with Crippen molar-refractivity contribution in [2.45, 2.75) is 31.7 Å². The van der Waals surface area contributed by atoms with Gasteiger partial charge >= 0.3 is 0 Å². The van der Waals surface area contributed by atoms with Crippen LogP contribution >= 0.6 is 22.7 Å². The second-order valence-corrected chi connectivity index (χ2v) is 7.28. The van der Waals surface area contributed by atoms with E-state index in [0.29, 0.717) is 6.42 Å². The van der Waals surface area contributed by atoms with Crippen LogP contribution in [0.5, 0.6) is 0 Å². The molecule has 1 N–H and O–H groups in total. The van der Waals surface area contributed by atoms with Crippen molar-refractivity contribution in [1.29, 1.82) is 0 Å². The van der Waals surface area contributed by atoms with Gasteiger partial charge in [-0.1, -0.05) is 0 Å². The summed E-state index contributed by atoms with van der Waals surface area (Å²) in [6.45, 7) is 0. The number of thiophene rings is 1. The minimum Gasteiger partial charge on any atom is -0.469 e. The summed E-state index contributed by atoms with van der Waals surface area (Å²) in [5, 5.41) is 10.2. The topological polar surface area (TPSA) is 55.1 Å². The van der Waals surface area contributed by atoms with Crippen molar-refractivity contribution in [3.8, 4) is 10.6 Å². The normalized spacial score (nSPS) is 17.0. The summed E-state index contributed by atoms with van der Waals surface area (Å²) in [7, 11) is 0. The van der Waals surface area contributed by atoms with Crippen LogP contribution in [0.2, 0.25) is 0 Å². The van der Waals surface area contributed by atoms with Crippen LogP contribution in [0, 0.1) is 0 Å². The number of amides is 1. The predicted molar refractivity (Wildman–Crippen MR) is 91.7 cm³/mol. The fraction of sp³-hybridized carbons (Fsp3) is 0.294. The number of nitrogens with one attached hydrogen (secondary N) is 1. The summed E-state index contributed by atoms with van der Waals surface area (Å²) in [6, 6.07) is 4.09. The van der Waals surface area contributed by atoms with E-state index in [0.717, 1.165) is 46.9 Å². The smallest absolute Gasteiger partial charge is 0.226 e. The molecular weight excluding hydrogens is 328 g/mol. The van der Waals surface area contributed by atoms with Crippen LogP contribution in [0.3, 0.4) is 0 Å². The lowest BCUT2D eigenvalue weighted by Crippen LogP contribution is -2.31. The van der Waals surface area contributed by atoms with Crippen LogP contribution in [-0.2, 0) is 17.6 Å². The van der Waals surface area contributed by atoms with E-state index in [9.17, 15) is 4.79 Å². The van der Waals surface area contributed by atoms with Gasteiger partial charge in [0.2, 0.25) is 5.91 Å². The molecule has 3 aromatic heterocycles. The molecule has 23 heavy (non-hydrogen) atoms. The molecule has 0 spiro atoms. The maximum Gasteiger partial charge on any atom is 0.226 e. The van der Waals surface area contributed by atoms with Gasteiger partial charge in [-0.25, -0.2) is 4.98 Å². The molecule has 0 aliphatic heterocycles. The Bertz CT molecular complexity index is 804. The molecule has 0 bridgehead atoms. The molecule has 1 amide bonds. The number of nitrogens with zero attached hydrogens (tertiary/aromatic N) is 1. The zero-order chi connectivity index (χ0) is 15.6. The van der Waals surface area contributed by atoms with Crippen molar-refractivity contribution in [2.24, 2.45) is 0 Å². The second-order valence-electron chi connectivity index (χ2n) is 5.64. The summed E-state index contributed by atoms with van der Waals surface area (Å²) in [5.41, 5.74) is 3.08. The zero-order valence-corrected chi connectivity index (χ0v) is 14.1.